The zero-order chi connectivity index (χ0) is 24.5. The Labute approximate surface area is 206 Å². The number of carboxylic acids is 1. The van der Waals surface area contributed by atoms with Gasteiger partial charge in [-0.3, -0.25) is 14.9 Å². The molecule has 8 nitrogen and oxygen atoms in total. The quantitative estimate of drug-likeness (QED) is 0.529. The lowest BCUT2D eigenvalue weighted by Crippen LogP contribution is -2.48. The average molecular weight is 492 g/mol. The summed E-state index contributed by atoms with van der Waals surface area (Å²) >= 11 is 1.05. The fraction of sp³-hybridized carbons (Fsp3) is 0.308. The van der Waals surface area contributed by atoms with Crippen LogP contribution in [0.4, 0.5) is 9.93 Å². The highest BCUT2D eigenvalue weighted by molar-refractivity contribution is 7.17. The molecule has 1 aliphatic heterocycles. The van der Waals surface area contributed by atoms with E-state index in [4.69, 9.17) is 4.74 Å². The lowest BCUT2D eigenvalue weighted by Gasteiger charge is -2.37. The molecule has 2 N–H and O–H groups in total. The van der Waals surface area contributed by atoms with Gasteiger partial charge in [0.2, 0.25) is 0 Å². The van der Waals surface area contributed by atoms with Crippen molar-refractivity contribution in [3.05, 3.63) is 70.7 Å². The number of benzene rings is 2. The summed E-state index contributed by atoms with van der Waals surface area (Å²) in [5.74, 6) is -1.80. The Morgan fingerprint density at radius 2 is 1.77 bits per heavy atom. The highest BCUT2D eigenvalue weighted by Crippen LogP contribution is 2.44. The van der Waals surface area contributed by atoms with E-state index in [2.05, 4.69) is 34.6 Å². The highest BCUT2D eigenvalue weighted by Gasteiger charge is 2.36. The first kappa shape index (κ1) is 23.0. The lowest BCUT2D eigenvalue weighted by atomic mass is 9.90. The summed E-state index contributed by atoms with van der Waals surface area (Å²) in [5, 5.41) is 12.3. The molecular formula is C26H25N3O5S. The molecule has 2 unspecified atom stereocenters. The Morgan fingerprint density at radius 3 is 2.43 bits per heavy atom. The van der Waals surface area contributed by atoms with E-state index in [1.807, 2.05) is 24.3 Å². The minimum absolute atomic E-state index is 0.0515. The zero-order valence-corrected chi connectivity index (χ0v) is 20.0. The number of carboxylic acid groups (broad SMARTS) is 1. The zero-order valence-electron chi connectivity index (χ0n) is 19.1. The fourth-order valence-corrected chi connectivity index (χ4v) is 5.81. The molecule has 0 saturated carbocycles. The minimum atomic E-state index is -0.892. The molecule has 0 spiro atoms. The Hall–Kier alpha value is -3.72. The third-order valence-corrected chi connectivity index (χ3v) is 7.74. The van der Waals surface area contributed by atoms with Crippen LogP contribution in [0.15, 0.2) is 54.7 Å². The summed E-state index contributed by atoms with van der Waals surface area (Å²) in [4.78, 5) is 43.0. The molecule has 3 aromatic rings. The number of nitrogens with one attached hydrogen (secondary N) is 1. The second-order valence-corrected chi connectivity index (χ2v) is 9.84. The van der Waals surface area contributed by atoms with Crippen LogP contribution < -0.4 is 5.32 Å². The molecule has 35 heavy (non-hydrogen) atoms. The summed E-state index contributed by atoms with van der Waals surface area (Å²) in [6.07, 6.45) is 1.95. The molecule has 5 rings (SSSR count). The van der Waals surface area contributed by atoms with Crippen molar-refractivity contribution in [3.8, 4) is 11.1 Å². The van der Waals surface area contributed by atoms with E-state index in [1.165, 1.54) is 6.20 Å². The number of rotatable bonds is 5. The standard InChI is InChI=1S/C26H25N3O5S/c1-15-16(24(31)32)11-6-12-29(15)23(30)22-13-27-25(35-22)28-26(33)34-14-21-19-9-4-2-7-17(19)18-8-3-5-10-20(18)21/h2-5,7-10,13,15-16,21H,6,11-12,14H2,1H3,(H,31,32)(H,27,28,33). The van der Waals surface area contributed by atoms with Gasteiger partial charge in [-0.2, -0.15) is 0 Å². The van der Waals surface area contributed by atoms with Gasteiger partial charge < -0.3 is 14.7 Å². The van der Waals surface area contributed by atoms with Gasteiger partial charge in [0.1, 0.15) is 11.5 Å². The maximum atomic E-state index is 13.0. The number of likely N-dealkylation sites (tertiary alicyclic amines) is 1. The molecule has 0 radical (unpaired) electrons. The largest absolute Gasteiger partial charge is 0.481 e. The van der Waals surface area contributed by atoms with Crippen molar-refractivity contribution >= 4 is 34.4 Å². The number of hydrogen-bond acceptors (Lipinski definition) is 6. The molecule has 0 bridgehead atoms. The predicted molar refractivity (Wildman–Crippen MR) is 132 cm³/mol. The number of amides is 2. The number of hydrogen-bond donors (Lipinski definition) is 2. The van der Waals surface area contributed by atoms with Crippen LogP contribution in [-0.4, -0.2) is 52.2 Å². The third kappa shape index (κ3) is 4.39. The van der Waals surface area contributed by atoms with E-state index < -0.39 is 24.0 Å². The summed E-state index contributed by atoms with van der Waals surface area (Å²) in [6.45, 7) is 2.43. The fourth-order valence-electron chi connectivity index (χ4n) is 5.05. The summed E-state index contributed by atoms with van der Waals surface area (Å²) in [7, 11) is 0. The van der Waals surface area contributed by atoms with E-state index in [0.29, 0.717) is 24.3 Å². The Morgan fingerprint density at radius 1 is 1.11 bits per heavy atom. The third-order valence-electron chi connectivity index (χ3n) is 6.84. The number of fused-ring (bicyclic) bond motifs is 3. The van der Waals surface area contributed by atoms with Crippen molar-refractivity contribution in [1.82, 2.24) is 9.88 Å². The number of carbonyl (C=O) groups is 3. The topological polar surface area (TPSA) is 109 Å². The SMILES string of the molecule is CC1C(C(=O)O)CCCN1C(=O)c1cnc(NC(=O)OCC2c3ccccc3-c3ccccc32)s1. The van der Waals surface area contributed by atoms with Gasteiger partial charge in [-0.05, 0) is 42.0 Å². The van der Waals surface area contributed by atoms with Gasteiger partial charge in [-0.25, -0.2) is 9.78 Å². The Bertz CT molecular complexity index is 1240. The monoisotopic (exact) mass is 491 g/mol. The van der Waals surface area contributed by atoms with Crippen LogP contribution in [-0.2, 0) is 9.53 Å². The molecule has 2 aromatic carbocycles. The number of nitrogens with zero attached hydrogens (tertiary/aromatic N) is 2. The molecule has 2 amide bonds. The maximum absolute atomic E-state index is 13.0. The van der Waals surface area contributed by atoms with Gasteiger partial charge in [-0.15, -0.1) is 0 Å². The predicted octanol–water partition coefficient (Wildman–Crippen LogP) is 4.83. The molecule has 1 aromatic heterocycles. The first-order chi connectivity index (χ1) is 16.9. The summed E-state index contributed by atoms with van der Waals surface area (Å²) in [6, 6.07) is 15.8. The summed E-state index contributed by atoms with van der Waals surface area (Å²) in [5.41, 5.74) is 4.55. The molecule has 9 heteroatoms. The van der Waals surface area contributed by atoms with E-state index in [0.717, 1.165) is 33.6 Å². The van der Waals surface area contributed by atoms with Crippen LogP contribution >= 0.6 is 11.3 Å². The van der Waals surface area contributed by atoms with Crippen molar-refractivity contribution in [1.29, 1.82) is 0 Å². The average Bonchev–Trinajstić information content (AvgIpc) is 3.45. The molecule has 2 aliphatic rings. The molecular weight excluding hydrogens is 466 g/mol. The minimum Gasteiger partial charge on any atom is -0.481 e. The van der Waals surface area contributed by atoms with Gasteiger partial charge in [0.15, 0.2) is 5.13 Å². The highest BCUT2D eigenvalue weighted by atomic mass is 32.1. The van der Waals surface area contributed by atoms with Crippen molar-refractivity contribution < 1.29 is 24.2 Å². The van der Waals surface area contributed by atoms with Crippen LogP contribution in [0.2, 0.25) is 0 Å². The second kappa shape index (κ2) is 9.50. The first-order valence-corrected chi connectivity index (χ1v) is 12.4. The molecule has 180 valence electrons. The number of piperidine rings is 1. The van der Waals surface area contributed by atoms with Crippen LogP contribution in [0, 0.1) is 5.92 Å². The number of thiazole rings is 1. The Kier molecular flexibility index (Phi) is 6.25. The van der Waals surface area contributed by atoms with Crippen molar-refractivity contribution in [2.45, 2.75) is 31.7 Å². The van der Waals surface area contributed by atoms with E-state index in [9.17, 15) is 19.5 Å². The van der Waals surface area contributed by atoms with Crippen LogP contribution in [0.5, 0.6) is 0 Å². The van der Waals surface area contributed by atoms with Gasteiger partial charge in [0.05, 0.1) is 12.1 Å². The van der Waals surface area contributed by atoms with Gasteiger partial charge in [-0.1, -0.05) is 59.9 Å². The van der Waals surface area contributed by atoms with Gasteiger partial charge in [0, 0.05) is 18.5 Å². The normalized spacial score (nSPS) is 19.1. The van der Waals surface area contributed by atoms with Crippen molar-refractivity contribution in [2.24, 2.45) is 5.92 Å². The van der Waals surface area contributed by atoms with Crippen molar-refractivity contribution in [2.75, 3.05) is 18.5 Å². The number of aromatic nitrogens is 1. The first-order valence-electron chi connectivity index (χ1n) is 11.6. The lowest BCUT2D eigenvalue weighted by molar-refractivity contribution is -0.144. The Balaban J connectivity index is 1.22. The number of anilines is 1. The van der Waals surface area contributed by atoms with E-state index in [-0.39, 0.29) is 23.6 Å². The van der Waals surface area contributed by atoms with E-state index >= 15 is 0 Å². The second-order valence-electron chi connectivity index (χ2n) is 8.81. The number of aliphatic carboxylic acids is 1. The molecule has 2 heterocycles. The number of ether oxygens (including phenoxy) is 1. The van der Waals surface area contributed by atoms with Crippen LogP contribution in [0.25, 0.3) is 11.1 Å². The maximum Gasteiger partial charge on any atom is 0.413 e. The number of carbonyl (C=O) groups excluding carboxylic acids is 2. The van der Waals surface area contributed by atoms with Gasteiger partial charge in [0.25, 0.3) is 5.91 Å². The van der Waals surface area contributed by atoms with Gasteiger partial charge >= 0.3 is 12.1 Å². The van der Waals surface area contributed by atoms with E-state index in [1.54, 1.807) is 11.8 Å². The molecule has 1 saturated heterocycles. The summed E-state index contributed by atoms with van der Waals surface area (Å²) < 4.78 is 5.54. The van der Waals surface area contributed by atoms with Crippen LogP contribution in [0.3, 0.4) is 0 Å². The molecule has 2 atom stereocenters. The van der Waals surface area contributed by atoms with Crippen LogP contribution in [0.1, 0.15) is 46.5 Å². The van der Waals surface area contributed by atoms with Crippen molar-refractivity contribution in [3.63, 3.8) is 0 Å². The molecule has 1 fully saturated rings. The smallest absolute Gasteiger partial charge is 0.413 e. The molecule has 1 aliphatic carbocycles.